The smallest absolute Gasteiger partial charge is 0.350 e. The van der Waals surface area contributed by atoms with Gasteiger partial charge in [-0.25, -0.2) is 19.3 Å². The minimum atomic E-state index is -1.25. The normalized spacial score (nSPS) is 16.4. The molecular formula is C15H13BrN4O4. The molecule has 0 amide bonds. The maximum Gasteiger partial charge on any atom is 0.350 e. The van der Waals surface area contributed by atoms with Gasteiger partial charge in [0.25, 0.3) is 5.79 Å². The quantitative estimate of drug-likeness (QED) is 0.485. The van der Waals surface area contributed by atoms with Crippen molar-refractivity contribution in [1.82, 2.24) is 14.8 Å². The Balaban J connectivity index is 1.72. The lowest BCUT2D eigenvalue weighted by Crippen LogP contribution is -2.42. The number of nitrogens with zero attached hydrogens (tertiary/aromatic N) is 3. The first-order chi connectivity index (χ1) is 11.3. The summed E-state index contributed by atoms with van der Waals surface area (Å²) >= 11 is 3.18. The van der Waals surface area contributed by atoms with E-state index in [4.69, 9.17) is 9.47 Å². The minimum absolute atomic E-state index is 0.196. The molecular weight excluding hydrogens is 380 g/mol. The van der Waals surface area contributed by atoms with Crippen molar-refractivity contribution in [1.29, 1.82) is 0 Å². The molecule has 1 aromatic carbocycles. The van der Waals surface area contributed by atoms with Gasteiger partial charge in [0.15, 0.2) is 5.57 Å². The number of halogens is 1. The van der Waals surface area contributed by atoms with Crippen LogP contribution < -0.4 is 5.32 Å². The Morgan fingerprint density at radius 2 is 1.79 bits per heavy atom. The molecule has 9 heteroatoms. The average Bonchev–Trinajstić information content (AvgIpc) is 2.92. The van der Waals surface area contributed by atoms with Crippen LogP contribution >= 0.6 is 15.9 Å². The predicted octanol–water partition coefficient (Wildman–Crippen LogP) is 2.16. The Kier molecular flexibility index (Phi) is 4.10. The average molecular weight is 393 g/mol. The predicted molar refractivity (Wildman–Crippen MR) is 87.0 cm³/mol. The van der Waals surface area contributed by atoms with Gasteiger partial charge in [0.1, 0.15) is 6.33 Å². The molecule has 1 fully saturated rings. The molecule has 0 unspecified atom stereocenters. The van der Waals surface area contributed by atoms with Gasteiger partial charge < -0.3 is 14.8 Å². The van der Waals surface area contributed by atoms with Crippen molar-refractivity contribution in [3.63, 3.8) is 0 Å². The zero-order chi connectivity index (χ0) is 17.3. The topological polar surface area (TPSA) is 95.3 Å². The molecule has 3 rings (SSSR count). The third kappa shape index (κ3) is 3.46. The molecule has 0 atom stereocenters. The number of ether oxygens (including phenoxy) is 2. The van der Waals surface area contributed by atoms with Crippen molar-refractivity contribution < 1.29 is 19.1 Å². The molecule has 0 bridgehead atoms. The third-order valence-corrected chi connectivity index (χ3v) is 3.46. The van der Waals surface area contributed by atoms with Gasteiger partial charge in [-0.15, -0.1) is 5.10 Å². The molecule has 24 heavy (non-hydrogen) atoms. The van der Waals surface area contributed by atoms with Crippen LogP contribution in [0.15, 0.2) is 47.1 Å². The molecule has 1 aliphatic rings. The summed E-state index contributed by atoms with van der Waals surface area (Å²) in [5.74, 6) is -2.71. The molecule has 1 aromatic heterocycles. The molecule has 1 aliphatic heterocycles. The molecule has 1 N–H and O–H groups in total. The van der Waals surface area contributed by atoms with Gasteiger partial charge in [0.05, 0.1) is 5.69 Å². The maximum absolute atomic E-state index is 11.8. The van der Waals surface area contributed by atoms with E-state index in [-0.39, 0.29) is 5.57 Å². The summed E-state index contributed by atoms with van der Waals surface area (Å²) in [6.45, 7) is 2.99. The summed E-state index contributed by atoms with van der Waals surface area (Å²) in [6.07, 6.45) is 2.84. The highest BCUT2D eigenvalue weighted by molar-refractivity contribution is 9.10. The summed E-state index contributed by atoms with van der Waals surface area (Å²) in [5.41, 5.74) is 1.29. The minimum Gasteiger partial charge on any atom is -0.419 e. The molecule has 0 aliphatic carbocycles. The van der Waals surface area contributed by atoms with Crippen LogP contribution in [-0.4, -0.2) is 32.5 Å². The van der Waals surface area contributed by atoms with Gasteiger partial charge in [-0.3, -0.25) is 0 Å². The van der Waals surface area contributed by atoms with Crippen molar-refractivity contribution in [2.24, 2.45) is 0 Å². The summed E-state index contributed by atoms with van der Waals surface area (Å²) < 4.78 is 12.1. The molecule has 2 heterocycles. The number of esters is 2. The van der Waals surface area contributed by atoms with Crippen LogP contribution in [0.2, 0.25) is 0 Å². The van der Waals surface area contributed by atoms with Gasteiger partial charge in [-0.2, -0.15) is 0 Å². The highest BCUT2D eigenvalue weighted by Gasteiger charge is 2.38. The van der Waals surface area contributed by atoms with Crippen molar-refractivity contribution in [3.05, 3.63) is 47.1 Å². The van der Waals surface area contributed by atoms with Crippen LogP contribution in [0.5, 0.6) is 0 Å². The molecule has 2 aromatic rings. The van der Waals surface area contributed by atoms with Crippen LogP contribution in [0.25, 0.3) is 5.69 Å². The highest BCUT2D eigenvalue weighted by atomic mass is 79.9. The first-order valence-electron chi connectivity index (χ1n) is 6.95. The fourth-order valence-electron chi connectivity index (χ4n) is 2.01. The van der Waals surface area contributed by atoms with E-state index in [0.717, 1.165) is 5.69 Å². The standard InChI is InChI=1S/C15H13BrN4O4/c1-15(2)23-12(21)11(13(22)24-15)7-17-9-3-5-10(6-4-9)20-8-18-14(16)19-20/h3-8,17H,1-2H3. The summed E-state index contributed by atoms with van der Waals surface area (Å²) in [7, 11) is 0. The van der Waals surface area contributed by atoms with Crippen molar-refractivity contribution in [2.45, 2.75) is 19.6 Å². The van der Waals surface area contributed by atoms with E-state index in [1.54, 1.807) is 23.1 Å². The van der Waals surface area contributed by atoms with Gasteiger partial charge in [-0.05, 0) is 40.2 Å². The van der Waals surface area contributed by atoms with E-state index < -0.39 is 17.7 Å². The van der Waals surface area contributed by atoms with Crippen molar-refractivity contribution >= 4 is 33.6 Å². The Morgan fingerprint density at radius 1 is 1.17 bits per heavy atom. The Bertz CT molecular complexity index is 804. The SMILES string of the molecule is CC1(C)OC(=O)C(=CNc2ccc(-n3cnc(Br)n3)cc2)C(=O)O1. The Morgan fingerprint density at radius 3 is 2.33 bits per heavy atom. The number of rotatable bonds is 3. The molecule has 124 valence electrons. The second kappa shape index (κ2) is 6.08. The summed E-state index contributed by atoms with van der Waals surface area (Å²) in [5, 5.41) is 7.00. The molecule has 0 saturated carbocycles. The van der Waals surface area contributed by atoms with Gasteiger partial charge in [0, 0.05) is 25.7 Å². The van der Waals surface area contributed by atoms with E-state index in [1.165, 1.54) is 20.0 Å². The van der Waals surface area contributed by atoms with E-state index in [0.29, 0.717) is 10.4 Å². The molecule has 0 radical (unpaired) electrons. The monoisotopic (exact) mass is 392 g/mol. The first kappa shape index (κ1) is 16.2. The molecule has 0 spiro atoms. The van der Waals surface area contributed by atoms with Crippen LogP contribution in [0.3, 0.4) is 0 Å². The van der Waals surface area contributed by atoms with Crippen molar-refractivity contribution in [3.8, 4) is 5.69 Å². The lowest BCUT2D eigenvalue weighted by molar-refractivity contribution is -0.222. The number of nitrogens with one attached hydrogen (secondary N) is 1. The summed E-state index contributed by atoms with van der Waals surface area (Å²) in [4.78, 5) is 27.6. The number of benzene rings is 1. The largest absolute Gasteiger partial charge is 0.419 e. The van der Waals surface area contributed by atoms with E-state index >= 15 is 0 Å². The Labute approximate surface area is 145 Å². The fraction of sp³-hybridized carbons (Fsp3) is 0.200. The second-order valence-electron chi connectivity index (χ2n) is 5.39. The fourth-order valence-corrected chi connectivity index (χ4v) is 2.27. The van der Waals surface area contributed by atoms with Gasteiger partial charge in [0.2, 0.25) is 4.73 Å². The zero-order valence-electron chi connectivity index (χ0n) is 12.8. The lowest BCUT2D eigenvalue weighted by atomic mass is 10.2. The molecule has 8 nitrogen and oxygen atoms in total. The summed E-state index contributed by atoms with van der Waals surface area (Å²) in [6, 6.07) is 7.15. The highest BCUT2D eigenvalue weighted by Crippen LogP contribution is 2.23. The number of hydrogen-bond donors (Lipinski definition) is 1. The van der Waals surface area contributed by atoms with Gasteiger partial charge >= 0.3 is 11.9 Å². The number of anilines is 1. The second-order valence-corrected chi connectivity index (χ2v) is 6.10. The maximum atomic E-state index is 11.8. The van der Waals surface area contributed by atoms with Crippen LogP contribution in [0.1, 0.15) is 13.8 Å². The number of cyclic esters (lactones) is 2. The van der Waals surface area contributed by atoms with E-state index in [2.05, 4.69) is 31.3 Å². The van der Waals surface area contributed by atoms with Crippen LogP contribution in [0, 0.1) is 0 Å². The van der Waals surface area contributed by atoms with Gasteiger partial charge in [-0.1, -0.05) is 0 Å². The van der Waals surface area contributed by atoms with Crippen LogP contribution in [-0.2, 0) is 19.1 Å². The molecule has 1 saturated heterocycles. The third-order valence-electron chi connectivity index (χ3n) is 3.10. The van der Waals surface area contributed by atoms with Crippen LogP contribution in [0.4, 0.5) is 5.69 Å². The number of carbonyl (C=O) groups excluding carboxylic acids is 2. The number of hydrogen-bond acceptors (Lipinski definition) is 7. The first-order valence-corrected chi connectivity index (χ1v) is 7.74. The van der Waals surface area contributed by atoms with Crippen molar-refractivity contribution in [2.75, 3.05) is 5.32 Å². The van der Waals surface area contributed by atoms with E-state index in [1.807, 2.05) is 12.1 Å². The Hall–Kier alpha value is -2.68. The lowest BCUT2D eigenvalue weighted by Gasteiger charge is -2.29. The zero-order valence-corrected chi connectivity index (χ0v) is 14.4. The number of carbonyl (C=O) groups is 2. The van der Waals surface area contributed by atoms with E-state index in [9.17, 15) is 9.59 Å². The number of aromatic nitrogens is 3.